The number of benzene rings is 1. The van der Waals surface area contributed by atoms with Gasteiger partial charge in [-0.05, 0) is 50.8 Å². The Balaban J connectivity index is 2.11. The van der Waals surface area contributed by atoms with Crippen LogP contribution in [0.2, 0.25) is 0 Å². The molecule has 2 unspecified atom stereocenters. The van der Waals surface area contributed by atoms with Gasteiger partial charge in [0.25, 0.3) is 0 Å². The molecular formula is C14H21N. The standard InChI is InChI=1S/C14H21N/c1-11-6-8-12(9-7-11)14-5-3-4-13(14)10-15-2/h6-9,13-15H,3-5,10H2,1-2H3. The second kappa shape index (κ2) is 4.80. The SMILES string of the molecule is CNCC1CCCC1c1ccc(C)cc1. The van der Waals surface area contributed by atoms with E-state index in [1.807, 2.05) is 0 Å². The quantitative estimate of drug-likeness (QED) is 0.796. The van der Waals surface area contributed by atoms with Gasteiger partial charge in [-0.25, -0.2) is 0 Å². The van der Waals surface area contributed by atoms with E-state index in [0.717, 1.165) is 11.8 Å². The van der Waals surface area contributed by atoms with Crippen LogP contribution >= 0.6 is 0 Å². The fourth-order valence-electron chi connectivity index (χ4n) is 2.80. The van der Waals surface area contributed by atoms with Gasteiger partial charge in [0.1, 0.15) is 0 Å². The molecule has 1 aromatic rings. The lowest BCUT2D eigenvalue weighted by Crippen LogP contribution is -2.20. The highest BCUT2D eigenvalue weighted by atomic mass is 14.8. The van der Waals surface area contributed by atoms with E-state index in [1.165, 1.54) is 31.4 Å². The second-order valence-electron chi connectivity index (χ2n) is 4.77. The minimum Gasteiger partial charge on any atom is -0.319 e. The lowest BCUT2D eigenvalue weighted by molar-refractivity contribution is 0.462. The van der Waals surface area contributed by atoms with Crippen molar-refractivity contribution < 1.29 is 0 Å². The van der Waals surface area contributed by atoms with E-state index in [4.69, 9.17) is 0 Å². The smallest absolute Gasteiger partial charge is 0.00177 e. The molecule has 0 spiro atoms. The van der Waals surface area contributed by atoms with E-state index in [9.17, 15) is 0 Å². The highest BCUT2D eigenvalue weighted by Crippen LogP contribution is 2.39. The summed E-state index contributed by atoms with van der Waals surface area (Å²) in [5, 5.41) is 3.32. The molecule has 1 aliphatic rings. The summed E-state index contributed by atoms with van der Waals surface area (Å²) < 4.78 is 0. The Morgan fingerprint density at radius 3 is 2.60 bits per heavy atom. The van der Waals surface area contributed by atoms with Gasteiger partial charge in [0.15, 0.2) is 0 Å². The van der Waals surface area contributed by atoms with Gasteiger partial charge in [0.2, 0.25) is 0 Å². The van der Waals surface area contributed by atoms with Crippen molar-refractivity contribution in [2.45, 2.75) is 32.1 Å². The molecule has 0 aromatic heterocycles. The van der Waals surface area contributed by atoms with E-state index in [-0.39, 0.29) is 0 Å². The summed E-state index contributed by atoms with van der Waals surface area (Å²) >= 11 is 0. The Hall–Kier alpha value is -0.820. The first-order valence-corrected chi connectivity index (χ1v) is 6.02. The largest absolute Gasteiger partial charge is 0.319 e. The zero-order valence-corrected chi connectivity index (χ0v) is 9.79. The molecule has 0 aliphatic heterocycles. The maximum atomic E-state index is 3.32. The van der Waals surface area contributed by atoms with E-state index < -0.39 is 0 Å². The molecule has 82 valence electrons. The van der Waals surface area contributed by atoms with Crippen LogP contribution in [0.3, 0.4) is 0 Å². The minimum absolute atomic E-state index is 0.790. The molecule has 15 heavy (non-hydrogen) atoms. The normalized spacial score (nSPS) is 25.7. The maximum Gasteiger partial charge on any atom is -0.00177 e. The Labute approximate surface area is 92.9 Å². The lowest BCUT2D eigenvalue weighted by atomic mass is 9.88. The van der Waals surface area contributed by atoms with Gasteiger partial charge in [-0.3, -0.25) is 0 Å². The van der Waals surface area contributed by atoms with Crippen LogP contribution in [0, 0.1) is 12.8 Å². The van der Waals surface area contributed by atoms with Crippen LogP contribution in [0.5, 0.6) is 0 Å². The van der Waals surface area contributed by atoms with Crippen LogP contribution in [0.25, 0.3) is 0 Å². The predicted octanol–water partition coefficient (Wildman–Crippen LogP) is 3.10. The molecule has 2 rings (SSSR count). The molecule has 0 amide bonds. The predicted molar refractivity (Wildman–Crippen MR) is 65.2 cm³/mol. The molecule has 0 radical (unpaired) electrons. The van der Waals surface area contributed by atoms with Crippen LogP contribution < -0.4 is 5.32 Å². The first kappa shape index (κ1) is 10.7. The monoisotopic (exact) mass is 203 g/mol. The van der Waals surface area contributed by atoms with Crippen LogP contribution in [0.1, 0.15) is 36.3 Å². The number of rotatable bonds is 3. The first-order chi connectivity index (χ1) is 7.31. The van der Waals surface area contributed by atoms with Gasteiger partial charge in [-0.2, -0.15) is 0 Å². The average molecular weight is 203 g/mol. The molecule has 1 fully saturated rings. The highest BCUT2D eigenvalue weighted by molar-refractivity contribution is 5.25. The van der Waals surface area contributed by atoms with Gasteiger partial charge < -0.3 is 5.32 Å². The van der Waals surface area contributed by atoms with E-state index in [2.05, 4.69) is 43.6 Å². The molecule has 1 aliphatic carbocycles. The molecule has 1 saturated carbocycles. The maximum absolute atomic E-state index is 3.32. The zero-order valence-electron chi connectivity index (χ0n) is 9.79. The van der Waals surface area contributed by atoms with Crippen LogP contribution in [-0.4, -0.2) is 13.6 Å². The van der Waals surface area contributed by atoms with Crippen molar-refractivity contribution in [2.24, 2.45) is 5.92 Å². The van der Waals surface area contributed by atoms with Crippen LogP contribution in [-0.2, 0) is 0 Å². The molecular weight excluding hydrogens is 182 g/mol. The Morgan fingerprint density at radius 1 is 1.20 bits per heavy atom. The summed E-state index contributed by atoms with van der Waals surface area (Å²) in [6, 6.07) is 9.11. The number of hydrogen-bond acceptors (Lipinski definition) is 1. The van der Waals surface area contributed by atoms with Gasteiger partial charge in [-0.1, -0.05) is 36.2 Å². The van der Waals surface area contributed by atoms with Gasteiger partial charge in [0, 0.05) is 0 Å². The van der Waals surface area contributed by atoms with Crippen molar-refractivity contribution in [3.05, 3.63) is 35.4 Å². The van der Waals surface area contributed by atoms with Gasteiger partial charge in [-0.15, -0.1) is 0 Å². The molecule has 0 heterocycles. The summed E-state index contributed by atoms with van der Waals surface area (Å²) in [7, 11) is 2.06. The molecule has 1 N–H and O–H groups in total. The van der Waals surface area contributed by atoms with Gasteiger partial charge >= 0.3 is 0 Å². The Morgan fingerprint density at radius 2 is 1.93 bits per heavy atom. The van der Waals surface area contributed by atoms with E-state index in [1.54, 1.807) is 5.56 Å². The summed E-state index contributed by atoms with van der Waals surface area (Å²) in [6.45, 7) is 3.32. The topological polar surface area (TPSA) is 12.0 Å². The summed E-state index contributed by atoms with van der Waals surface area (Å²) in [5.41, 5.74) is 2.90. The van der Waals surface area contributed by atoms with Gasteiger partial charge in [0.05, 0.1) is 0 Å². The molecule has 1 nitrogen and oxygen atoms in total. The summed E-state index contributed by atoms with van der Waals surface area (Å²) in [4.78, 5) is 0. The summed E-state index contributed by atoms with van der Waals surface area (Å²) in [6.07, 6.45) is 4.15. The highest BCUT2D eigenvalue weighted by Gasteiger charge is 2.27. The number of hydrogen-bond donors (Lipinski definition) is 1. The molecule has 1 aromatic carbocycles. The Kier molecular flexibility index (Phi) is 3.42. The number of nitrogens with one attached hydrogen (secondary N) is 1. The van der Waals surface area contributed by atoms with Crippen molar-refractivity contribution in [1.82, 2.24) is 5.32 Å². The van der Waals surface area contributed by atoms with Crippen molar-refractivity contribution in [2.75, 3.05) is 13.6 Å². The third kappa shape index (κ3) is 2.40. The lowest BCUT2D eigenvalue weighted by Gasteiger charge is -2.19. The average Bonchev–Trinajstić information content (AvgIpc) is 2.68. The van der Waals surface area contributed by atoms with Crippen molar-refractivity contribution >= 4 is 0 Å². The molecule has 0 bridgehead atoms. The third-order valence-electron chi connectivity index (χ3n) is 3.63. The minimum atomic E-state index is 0.790. The number of aryl methyl sites for hydroxylation is 1. The molecule has 2 atom stereocenters. The Bertz CT molecular complexity index is 302. The van der Waals surface area contributed by atoms with Crippen LogP contribution in [0.4, 0.5) is 0 Å². The van der Waals surface area contributed by atoms with Crippen molar-refractivity contribution in [1.29, 1.82) is 0 Å². The fraction of sp³-hybridized carbons (Fsp3) is 0.571. The molecule has 1 heteroatoms. The fourth-order valence-corrected chi connectivity index (χ4v) is 2.80. The first-order valence-electron chi connectivity index (χ1n) is 6.02. The third-order valence-corrected chi connectivity index (χ3v) is 3.63. The van der Waals surface area contributed by atoms with Crippen molar-refractivity contribution in [3.8, 4) is 0 Å². The van der Waals surface area contributed by atoms with Crippen molar-refractivity contribution in [3.63, 3.8) is 0 Å². The van der Waals surface area contributed by atoms with E-state index >= 15 is 0 Å². The summed E-state index contributed by atoms with van der Waals surface area (Å²) in [5.74, 6) is 1.63. The van der Waals surface area contributed by atoms with E-state index in [0.29, 0.717) is 0 Å². The second-order valence-corrected chi connectivity index (χ2v) is 4.77. The zero-order chi connectivity index (χ0) is 10.7. The van der Waals surface area contributed by atoms with Crippen LogP contribution in [0.15, 0.2) is 24.3 Å². The molecule has 0 saturated heterocycles.